The number of halogens is 2. The predicted octanol–water partition coefficient (Wildman–Crippen LogP) is 5.81. The Morgan fingerprint density at radius 1 is 1.00 bits per heavy atom. The van der Waals surface area contributed by atoms with Crippen LogP contribution in [0.5, 0.6) is 17.2 Å². The molecule has 3 aromatic rings. The molecule has 3 aromatic carbocycles. The minimum atomic E-state index is -1.36. The number of nitriles is 1. The smallest absolute Gasteiger partial charge is 0.321 e. The molecule has 2 unspecified atom stereocenters. The van der Waals surface area contributed by atoms with Gasteiger partial charge in [0.2, 0.25) is 6.10 Å². The summed E-state index contributed by atoms with van der Waals surface area (Å²) in [6, 6.07) is 24.0. The fraction of sp³-hybridized carbons (Fsp3) is 0.167. The fourth-order valence-electron chi connectivity index (χ4n) is 3.43. The van der Waals surface area contributed by atoms with Crippen LogP contribution in [0.1, 0.15) is 23.7 Å². The molecule has 0 amide bonds. The van der Waals surface area contributed by atoms with Crippen molar-refractivity contribution < 1.29 is 19.4 Å². The highest BCUT2D eigenvalue weighted by atomic mass is 35.5. The molecule has 0 heterocycles. The van der Waals surface area contributed by atoms with E-state index in [0.717, 1.165) is 0 Å². The van der Waals surface area contributed by atoms with Gasteiger partial charge < -0.3 is 14.6 Å². The van der Waals surface area contributed by atoms with E-state index in [0.29, 0.717) is 22.6 Å². The highest BCUT2D eigenvalue weighted by Gasteiger charge is 2.73. The second kappa shape index (κ2) is 8.14. The molecule has 0 bridgehead atoms. The van der Waals surface area contributed by atoms with Crippen molar-refractivity contribution in [2.24, 2.45) is 0 Å². The van der Waals surface area contributed by atoms with Crippen molar-refractivity contribution in [2.75, 3.05) is 0 Å². The molecular formula is C24H17Cl2NO4. The Labute approximate surface area is 189 Å². The molecule has 1 N–H and O–H groups in total. The van der Waals surface area contributed by atoms with Crippen LogP contribution in [0.2, 0.25) is 0 Å². The normalized spacial score (nSPS) is 19.6. The van der Waals surface area contributed by atoms with Crippen molar-refractivity contribution in [3.05, 3.63) is 90.0 Å². The molecule has 31 heavy (non-hydrogen) atoms. The first kappa shape index (κ1) is 21.0. The van der Waals surface area contributed by atoms with Crippen LogP contribution < -0.4 is 4.74 Å². The summed E-state index contributed by atoms with van der Waals surface area (Å²) in [6.07, 6.45) is -1.03. The first-order chi connectivity index (χ1) is 14.9. The quantitative estimate of drug-likeness (QED) is 0.376. The zero-order valence-electron chi connectivity index (χ0n) is 16.2. The molecule has 0 aliphatic heterocycles. The number of rotatable bonds is 6. The first-order valence-corrected chi connectivity index (χ1v) is 10.2. The number of phenols is 1. The fourth-order valence-corrected chi connectivity index (χ4v) is 4.20. The third-order valence-corrected chi connectivity index (χ3v) is 6.09. The van der Waals surface area contributed by atoms with Crippen LogP contribution in [-0.4, -0.2) is 15.4 Å². The first-order valence-electron chi connectivity index (χ1n) is 9.47. The minimum absolute atomic E-state index is 0.0489. The van der Waals surface area contributed by atoms with E-state index in [2.05, 4.69) is 0 Å². The van der Waals surface area contributed by atoms with Gasteiger partial charge in [0.15, 0.2) is 0 Å². The summed E-state index contributed by atoms with van der Waals surface area (Å²) >= 11 is 12.6. The van der Waals surface area contributed by atoms with Gasteiger partial charge in [-0.1, -0.05) is 65.7 Å². The number of nitrogens with zero attached hydrogens (tertiary/aromatic N) is 1. The van der Waals surface area contributed by atoms with E-state index in [-0.39, 0.29) is 12.2 Å². The van der Waals surface area contributed by atoms with E-state index >= 15 is 0 Å². The van der Waals surface area contributed by atoms with Crippen molar-refractivity contribution in [2.45, 2.75) is 22.3 Å². The number of carbonyl (C=O) groups excluding carboxylic acids is 1. The molecule has 2 atom stereocenters. The molecule has 1 fully saturated rings. The standard InChI is InChI=1S/C24H17Cl2NO4/c25-24(26)15-23(24,17-9-11-18(28)12-10-17)22(29)31-21(14-27)16-5-4-8-20(13-16)30-19-6-2-1-3-7-19/h1-13,21,28H,15H2. The van der Waals surface area contributed by atoms with Gasteiger partial charge in [-0.3, -0.25) is 4.79 Å². The lowest BCUT2D eigenvalue weighted by atomic mass is 9.95. The van der Waals surface area contributed by atoms with Crippen molar-refractivity contribution in [3.63, 3.8) is 0 Å². The highest BCUT2D eigenvalue weighted by molar-refractivity contribution is 6.54. The Kier molecular flexibility index (Phi) is 5.53. The van der Waals surface area contributed by atoms with E-state index in [1.54, 1.807) is 36.4 Å². The molecule has 1 aliphatic rings. The number of para-hydroxylation sites is 1. The molecule has 7 heteroatoms. The third kappa shape index (κ3) is 4.05. The number of hydrogen-bond acceptors (Lipinski definition) is 5. The van der Waals surface area contributed by atoms with Gasteiger partial charge in [0, 0.05) is 12.0 Å². The predicted molar refractivity (Wildman–Crippen MR) is 116 cm³/mol. The molecule has 0 radical (unpaired) electrons. The maximum atomic E-state index is 13.1. The van der Waals surface area contributed by atoms with E-state index in [1.165, 1.54) is 12.1 Å². The molecule has 5 nitrogen and oxygen atoms in total. The summed E-state index contributed by atoms with van der Waals surface area (Å²) in [7, 11) is 0. The average molecular weight is 454 g/mol. The number of esters is 1. The third-order valence-electron chi connectivity index (χ3n) is 5.18. The van der Waals surface area contributed by atoms with Gasteiger partial charge in [0.05, 0.1) is 0 Å². The Hall–Kier alpha value is -3.20. The Balaban J connectivity index is 1.56. The molecule has 0 saturated heterocycles. The maximum absolute atomic E-state index is 13.1. The number of phenolic OH excluding ortho intramolecular Hbond substituents is 1. The summed E-state index contributed by atoms with van der Waals surface area (Å²) in [5.74, 6) is 0.490. The summed E-state index contributed by atoms with van der Waals surface area (Å²) in [5.41, 5.74) is -0.337. The van der Waals surface area contributed by atoms with Crippen LogP contribution in [0.25, 0.3) is 0 Å². The lowest BCUT2D eigenvalue weighted by Gasteiger charge is -2.20. The van der Waals surface area contributed by atoms with Crippen LogP contribution in [-0.2, 0) is 14.9 Å². The monoisotopic (exact) mass is 453 g/mol. The summed E-state index contributed by atoms with van der Waals surface area (Å²) in [6.45, 7) is 0. The number of alkyl halides is 2. The number of aromatic hydroxyl groups is 1. The summed E-state index contributed by atoms with van der Waals surface area (Å²) < 4.78 is 9.99. The highest BCUT2D eigenvalue weighted by Crippen LogP contribution is 2.65. The summed E-state index contributed by atoms with van der Waals surface area (Å²) in [5, 5.41) is 19.2. The topological polar surface area (TPSA) is 79.5 Å². The van der Waals surface area contributed by atoms with Crippen LogP contribution in [0, 0.1) is 11.3 Å². The largest absolute Gasteiger partial charge is 0.508 e. The van der Waals surface area contributed by atoms with Crippen LogP contribution >= 0.6 is 23.2 Å². The minimum Gasteiger partial charge on any atom is -0.508 e. The second-order valence-electron chi connectivity index (χ2n) is 7.24. The number of hydrogen-bond donors (Lipinski definition) is 1. The van der Waals surface area contributed by atoms with Gasteiger partial charge in [-0.15, -0.1) is 0 Å². The lowest BCUT2D eigenvalue weighted by molar-refractivity contribution is -0.150. The van der Waals surface area contributed by atoms with Gasteiger partial charge in [-0.2, -0.15) is 5.26 Å². The van der Waals surface area contributed by atoms with Gasteiger partial charge in [0.1, 0.15) is 33.1 Å². The Morgan fingerprint density at radius 2 is 1.65 bits per heavy atom. The van der Waals surface area contributed by atoms with Crippen LogP contribution in [0.15, 0.2) is 78.9 Å². The molecule has 156 valence electrons. The zero-order chi connectivity index (χ0) is 22.1. The Morgan fingerprint density at radius 3 is 2.26 bits per heavy atom. The number of carbonyl (C=O) groups is 1. The van der Waals surface area contributed by atoms with Crippen molar-refractivity contribution in [1.82, 2.24) is 0 Å². The van der Waals surface area contributed by atoms with E-state index in [1.807, 2.05) is 36.4 Å². The van der Waals surface area contributed by atoms with Gasteiger partial charge >= 0.3 is 5.97 Å². The lowest BCUT2D eigenvalue weighted by Crippen LogP contribution is -2.30. The summed E-state index contributed by atoms with van der Waals surface area (Å²) in [4.78, 5) is 13.1. The van der Waals surface area contributed by atoms with Gasteiger partial charge in [-0.25, -0.2) is 0 Å². The SMILES string of the molecule is N#CC(OC(=O)C1(c2ccc(O)cc2)CC1(Cl)Cl)c1cccc(Oc2ccccc2)c1. The van der Waals surface area contributed by atoms with Crippen molar-refractivity contribution >= 4 is 29.2 Å². The number of benzene rings is 3. The van der Waals surface area contributed by atoms with Gasteiger partial charge in [0.25, 0.3) is 0 Å². The molecule has 1 saturated carbocycles. The molecular weight excluding hydrogens is 437 g/mol. The molecule has 4 rings (SSSR count). The van der Waals surface area contributed by atoms with E-state index < -0.39 is 21.8 Å². The zero-order valence-corrected chi connectivity index (χ0v) is 17.7. The van der Waals surface area contributed by atoms with Gasteiger partial charge in [-0.05, 0) is 42.0 Å². The van der Waals surface area contributed by atoms with Crippen molar-refractivity contribution in [1.29, 1.82) is 5.26 Å². The average Bonchev–Trinajstić information content (AvgIpc) is 3.36. The number of ether oxygens (including phenoxy) is 2. The second-order valence-corrected chi connectivity index (χ2v) is 8.72. The maximum Gasteiger partial charge on any atom is 0.321 e. The molecule has 0 aromatic heterocycles. The van der Waals surface area contributed by atoms with Crippen LogP contribution in [0.4, 0.5) is 0 Å². The Bertz CT molecular complexity index is 1140. The van der Waals surface area contributed by atoms with Crippen molar-refractivity contribution in [3.8, 4) is 23.3 Å². The van der Waals surface area contributed by atoms with E-state index in [4.69, 9.17) is 32.7 Å². The molecule has 0 spiro atoms. The molecule has 1 aliphatic carbocycles. The van der Waals surface area contributed by atoms with E-state index in [9.17, 15) is 15.2 Å². The van der Waals surface area contributed by atoms with Crippen LogP contribution in [0.3, 0.4) is 0 Å².